The third kappa shape index (κ3) is 3.24. The van der Waals surface area contributed by atoms with E-state index in [1.165, 1.54) is 0 Å². The lowest BCUT2D eigenvalue weighted by atomic mass is 10.1. The summed E-state index contributed by atoms with van der Waals surface area (Å²) in [4.78, 5) is 5.30. The highest BCUT2D eigenvalue weighted by molar-refractivity contribution is 7.80. The van der Waals surface area contributed by atoms with Crippen molar-refractivity contribution in [2.45, 2.75) is 6.42 Å². The molecule has 1 heterocycles. The molecule has 0 saturated carbocycles. The highest BCUT2D eigenvalue weighted by Crippen LogP contribution is 2.37. The predicted octanol–water partition coefficient (Wildman–Crippen LogP) is 6.56. The van der Waals surface area contributed by atoms with Gasteiger partial charge in [0.15, 0.2) is 0 Å². The van der Waals surface area contributed by atoms with E-state index in [9.17, 15) is 0 Å². The number of thiocarbonyl (C=S) groups is 1. The first-order valence-electron chi connectivity index (χ1n) is 6.26. The molecule has 3 rings (SSSR count). The van der Waals surface area contributed by atoms with Gasteiger partial charge in [-0.15, -0.1) is 0 Å². The lowest BCUT2D eigenvalue weighted by Gasteiger charge is -2.07. The molecule has 0 amide bonds. The summed E-state index contributed by atoms with van der Waals surface area (Å²) < 4.78 is 0. The number of rotatable bonds is 1. The van der Waals surface area contributed by atoms with Gasteiger partial charge in [0.2, 0.25) is 0 Å². The van der Waals surface area contributed by atoms with E-state index in [-0.39, 0.29) is 0 Å². The minimum Gasteiger partial charge on any atom is -0.348 e. The Morgan fingerprint density at radius 2 is 1.59 bits per heavy atom. The molecular formula is C15H8Cl4N2S. The second kappa shape index (κ2) is 6.34. The molecule has 2 aromatic carbocycles. The highest BCUT2D eigenvalue weighted by atomic mass is 35.5. The summed E-state index contributed by atoms with van der Waals surface area (Å²) in [7, 11) is 0. The van der Waals surface area contributed by atoms with Crippen molar-refractivity contribution in [3.8, 4) is 0 Å². The van der Waals surface area contributed by atoms with Gasteiger partial charge in [-0.05, 0) is 29.8 Å². The maximum Gasteiger partial charge on any atom is 0.0884 e. The van der Waals surface area contributed by atoms with Crippen molar-refractivity contribution in [2.75, 3.05) is 5.32 Å². The lowest BCUT2D eigenvalue weighted by molar-refractivity contribution is 1.46. The number of aliphatic imine (C=N–C) groups is 1. The number of halogens is 4. The van der Waals surface area contributed by atoms with Crippen LogP contribution in [0, 0.1) is 0 Å². The molecule has 7 heteroatoms. The van der Waals surface area contributed by atoms with Crippen molar-refractivity contribution in [3.63, 3.8) is 0 Å². The van der Waals surface area contributed by atoms with Crippen molar-refractivity contribution in [2.24, 2.45) is 4.99 Å². The van der Waals surface area contributed by atoms with Gasteiger partial charge in [0, 0.05) is 6.42 Å². The first-order valence-corrected chi connectivity index (χ1v) is 8.18. The molecule has 2 nitrogen and oxygen atoms in total. The average Bonchev–Trinajstić information content (AvgIpc) is 2.61. The molecule has 0 saturated heterocycles. The van der Waals surface area contributed by atoms with Crippen LogP contribution in [-0.2, 0) is 0 Å². The Balaban J connectivity index is 2.14. The molecule has 1 N–H and O–H groups in total. The van der Waals surface area contributed by atoms with E-state index in [0.29, 0.717) is 37.2 Å². The number of fused-ring (bicyclic) bond motifs is 1. The van der Waals surface area contributed by atoms with E-state index in [0.717, 1.165) is 17.0 Å². The van der Waals surface area contributed by atoms with Gasteiger partial charge in [0.25, 0.3) is 0 Å². The molecule has 0 aliphatic carbocycles. The largest absolute Gasteiger partial charge is 0.348 e. The van der Waals surface area contributed by atoms with Crippen LogP contribution in [0.4, 0.5) is 11.4 Å². The maximum absolute atomic E-state index is 6.08. The Morgan fingerprint density at radius 3 is 2.32 bits per heavy atom. The zero-order valence-electron chi connectivity index (χ0n) is 11.0. The van der Waals surface area contributed by atoms with E-state index in [4.69, 9.17) is 58.6 Å². The van der Waals surface area contributed by atoms with Gasteiger partial charge >= 0.3 is 0 Å². The first-order chi connectivity index (χ1) is 10.4. The second-order valence-electron chi connectivity index (χ2n) is 4.70. The third-order valence-corrected chi connectivity index (χ3v) is 4.86. The van der Waals surface area contributed by atoms with E-state index in [1.807, 2.05) is 6.07 Å². The SMILES string of the molecule is S=C1CC(c2ccc(Cl)c(Cl)c2)=Nc2cc(Cl)c(Cl)cc2N1. The van der Waals surface area contributed by atoms with Gasteiger partial charge in [-0.2, -0.15) is 0 Å². The van der Waals surface area contributed by atoms with Crippen LogP contribution in [0.5, 0.6) is 0 Å². The quantitative estimate of drug-likeness (QED) is 0.558. The summed E-state index contributed by atoms with van der Waals surface area (Å²) in [6.07, 6.45) is 0.483. The summed E-state index contributed by atoms with van der Waals surface area (Å²) in [6, 6.07) is 8.79. The first kappa shape index (κ1) is 16.0. The molecule has 0 atom stereocenters. The van der Waals surface area contributed by atoms with Crippen LogP contribution >= 0.6 is 58.6 Å². The number of hydrogen-bond acceptors (Lipinski definition) is 2. The summed E-state index contributed by atoms with van der Waals surface area (Å²) in [6.45, 7) is 0. The summed E-state index contributed by atoms with van der Waals surface area (Å²) in [5.74, 6) is 0. The molecule has 0 radical (unpaired) electrons. The molecule has 1 aliphatic heterocycles. The standard InChI is InChI=1S/C15H8Cl4N2S/c16-8-2-1-7(3-9(8)17)12-6-15(22)21-14-5-11(19)10(18)4-13(14)20-12/h1-5H,6H2,(H,21,22). The molecule has 2 aromatic rings. The summed E-state index contributed by atoms with van der Waals surface area (Å²) >= 11 is 29.5. The van der Waals surface area contributed by atoms with E-state index < -0.39 is 0 Å². The molecule has 0 unspecified atom stereocenters. The van der Waals surface area contributed by atoms with Gasteiger partial charge in [0.1, 0.15) is 0 Å². The van der Waals surface area contributed by atoms with Crippen LogP contribution < -0.4 is 5.32 Å². The Hall–Kier alpha value is -0.840. The summed E-state index contributed by atoms with van der Waals surface area (Å²) in [5.41, 5.74) is 3.05. The Labute approximate surface area is 153 Å². The van der Waals surface area contributed by atoms with Crippen molar-refractivity contribution in [1.82, 2.24) is 0 Å². The molecular weight excluding hydrogens is 382 g/mol. The van der Waals surface area contributed by atoms with E-state index >= 15 is 0 Å². The minimum atomic E-state index is 0.437. The van der Waals surface area contributed by atoms with Crippen molar-refractivity contribution in [1.29, 1.82) is 0 Å². The number of benzene rings is 2. The topological polar surface area (TPSA) is 24.4 Å². The van der Waals surface area contributed by atoms with Crippen LogP contribution in [0.15, 0.2) is 35.3 Å². The zero-order chi connectivity index (χ0) is 15.9. The van der Waals surface area contributed by atoms with Crippen LogP contribution in [0.2, 0.25) is 20.1 Å². The minimum absolute atomic E-state index is 0.437. The normalized spacial score (nSPS) is 14.0. The Kier molecular flexibility index (Phi) is 4.62. The number of nitrogens with one attached hydrogen (secondary N) is 1. The molecule has 22 heavy (non-hydrogen) atoms. The van der Waals surface area contributed by atoms with Crippen LogP contribution in [0.25, 0.3) is 0 Å². The van der Waals surface area contributed by atoms with Gasteiger partial charge in [-0.3, -0.25) is 4.99 Å². The van der Waals surface area contributed by atoms with Crippen LogP contribution in [-0.4, -0.2) is 10.7 Å². The van der Waals surface area contributed by atoms with Gasteiger partial charge in [0.05, 0.1) is 42.2 Å². The molecule has 0 fully saturated rings. The fourth-order valence-corrected chi connectivity index (χ4v) is 2.97. The highest BCUT2D eigenvalue weighted by Gasteiger charge is 2.17. The predicted molar refractivity (Wildman–Crippen MR) is 100.0 cm³/mol. The maximum atomic E-state index is 6.08. The van der Waals surface area contributed by atoms with Gasteiger partial charge in [-0.1, -0.05) is 64.7 Å². The van der Waals surface area contributed by atoms with Crippen molar-refractivity contribution >= 4 is 80.7 Å². The number of hydrogen-bond donors (Lipinski definition) is 1. The summed E-state index contributed by atoms with van der Waals surface area (Å²) in [5, 5.41) is 4.98. The number of nitrogens with zero attached hydrogens (tertiary/aromatic N) is 1. The van der Waals surface area contributed by atoms with Crippen LogP contribution in [0.1, 0.15) is 12.0 Å². The second-order valence-corrected chi connectivity index (χ2v) is 6.82. The van der Waals surface area contributed by atoms with Crippen molar-refractivity contribution in [3.05, 3.63) is 56.0 Å². The monoisotopic (exact) mass is 388 g/mol. The molecule has 0 aromatic heterocycles. The van der Waals surface area contributed by atoms with E-state index in [1.54, 1.807) is 24.3 Å². The fraction of sp³-hybridized carbons (Fsp3) is 0.0667. The molecule has 112 valence electrons. The van der Waals surface area contributed by atoms with E-state index in [2.05, 4.69) is 10.3 Å². The van der Waals surface area contributed by atoms with Crippen LogP contribution in [0.3, 0.4) is 0 Å². The third-order valence-electron chi connectivity index (χ3n) is 3.15. The smallest absolute Gasteiger partial charge is 0.0884 e. The van der Waals surface area contributed by atoms with Crippen molar-refractivity contribution < 1.29 is 0 Å². The average molecular weight is 390 g/mol. The Bertz CT molecular complexity index is 817. The Morgan fingerprint density at radius 1 is 0.909 bits per heavy atom. The zero-order valence-corrected chi connectivity index (χ0v) is 14.8. The molecule has 0 bridgehead atoms. The van der Waals surface area contributed by atoms with Gasteiger partial charge in [-0.25, -0.2) is 0 Å². The number of anilines is 1. The fourth-order valence-electron chi connectivity index (χ4n) is 2.10. The molecule has 1 aliphatic rings. The lowest BCUT2D eigenvalue weighted by Crippen LogP contribution is -2.13. The molecule has 0 spiro atoms. The van der Waals surface area contributed by atoms with Gasteiger partial charge < -0.3 is 5.32 Å².